The van der Waals surface area contributed by atoms with E-state index >= 15 is 4.39 Å². The molecule has 4 aromatic rings. The van der Waals surface area contributed by atoms with Crippen LogP contribution in [0.15, 0.2) is 43.0 Å². The number of hydrogen-bond donors (Lipinski definition) is 3. The van der Waals surface area contributed by atoms with Crippen molar-refractivity contribution >= 4 is 44.9 Å². The molecule has 1 aromatic carbocycles. The van der Waals surface area contributed by atoms with Crippen LogP contribution in [0.4, 0.5) is 20.4 Å². The zero-order valence-electron chi connectivity index (χ0n) is 23.3. The predicted octanol–water partition coefficient (Wildman–Crippen LogP) is 3.06. The Hall–Kier alpha value is -4.34. The molecule has 0 radical (unpaired) electrons. The number of carbonyl (C=O) groups excluding carboxylic acids is 2. The molecule has 0 bridgehead atoms. The van der Waals surface area contributed by atoms with Gasteiger partial charge in [-0.3, -0.25) is 9.52 Å². The number of piperidine rings is 1. The largest absolute Gasteiger partial charge is 0.389 e. The average molecular weight is 614 g/mol. The highest BCUT2D eigenvalue weighted by Gasteiger charge is 2.33. The van der Waals surface area contributed by atoms with Gasteiger partial charge in [-0.05, 0) is 31.0 Å². The molecular formula is C28H29F2N7O5S. The molecule has 1 saturated heterocycles. The van der Waals surface area contributed by atoms with E-state index in [1.807, 2.05) is 4.90 Å². The first-order chi connectivity index (χ1) is 20.5. The van der Waals surface area contributed by atoms with Crippen LogP contribution in [0.1, 0.15) is 42.1 Å². The maximum atomic E-state index is 15.4. The summed E-state index contributed by atoms with van der Waals surface area (Å²) in [4.78, 5) is 42.2. The number of halogens is 2. The van der Waals surface area contributed by atoms with Crippen molar-refractivity contribution < 1.29 is 31.9 Å². The average Bonchev–Trinajstić information content (AvgIpc) is 3.42. The molecule has 15 heteroatoms. The number of fused-ring (bicyclic) bond motifs is 1. The molecule has 1 aliphatic heterocycles. The lowest BCUT2D eigenvalue weighted by molar-refractivity contribution is -0.113. The van der Waals surface area contributed by atoms with Crippen LogP contribution in [0.5, 0.6) is 0 Å². The number of aromatic nitrogens is 4. The lowest BCUT2D eigenvalue weighted by Crippen LogP contribution is -2.45. The smallest absolute Gasteiger partial charge is 0.301 e. The van der Waals surface area contributed by atoms with Crippen LogP contribution in [0.3, 0.4) is 0 Å². The molecule has 0 spiro atoms. The van der Waals surface area contributed by atoms with Crippen LogP contribution in [-0.4, -0.2) is 82.1 Å². The van der Waals surface area contributed by atoms with E-state index in [1.165, 1.54) is 19.4 Å². The Kier molecular flexibility index (Phi) is 8.23. The molecular weight excluding hydrogens is 584 g/mol. The highest BCUT2D eigenvalue weighted by molar-refractivity contribution is 7.90. The molecule has 43 heavy (non-hydrogen) atoms. The van der Waals surface area contributed by atoms with Crippen LogP contribution < -0.4 is 9.62 Å². The number of pyridine rings is 1. The third kappa shape index (κ3) is 5.96. The Balaban J connectivity index is 1.41. The highest BCUT2D eigenvalue weighted by atomic mass is 32.2. The molecule has 0 saturated carbocycles. The summed E-state index contributed by atoms with van der Waals surface area (Å²) in [5.41, 5.74) is -1.16. The normalized spacial score (nSPS) is 15.2. The van der Waals surface area contributed by atoms with E-state index in [0.29, 0.717) is 48.7 Å². The third-order valence-corrected chi connectivity index (χ3v) is 9.16. The molecule has 3 aromatic heterocycles. The van der Waals surface area contributed by atoms with Crippen molar-refractivity contribution in [2.45, 2.75) is 31.8 Å². The van der Waals surface area contributed by atoms with E-state index in [2.05, 4.69) is 24.7 Å². The maximum absolute atomic E-state index is 15.4. The monoisotopic (exact) mass is 613 g/mol. The molecule has 3 N–H and O–H groups in total. The van der Waals surface area contributed by atoms with Gasteiger partial charge in [-0.15, -0.1) is 0 Å². The fourth-order valence-corrected chi connectivity index (χ4v) is 5.76. The first-order valence-corrected chi connectivity index (χ1v) is 14.9. The van der Waals surface area contributed by atoms with Crippen molar-refractivity contribution in [1.82, 2.24) is 24.2 Å². The van der Waals surface area contributed by atoms with Crippen molar-refractivity contribution in [1.29, 1.82) is 0 Å². The summed E-state index contributed by atoms with van der Waals surface area (Å²) in [5.74, 6) is -3.05. The summed E-state index contributed by atoms with van der Waals surface area (Å²) >= 11 is 0. The Morgan fingerprint density at radius 2 is 1.84 bits per heavy atom. The molecule has 0 amide bonds. The van der Waals surface area contributed by atoms with Gasteiger partial charge in [0.25, 0.3) is 0 Å². The standard InChI is InChI=1S/C28H29F2N7O5S/c1-3-36(2)43(41,42)35-22-5-4-21(29)23(24(22)30)25(39)20-16-32-26-19(20)12-17(13-31-26)18-14-33-27(34-15-18)37-9-6-28(40,7-10-37)8-11-38/h4-5,11-16,35,40H,3,6-10H2,1-2H3,(H,31,32). The number of aliphatic hydroxyl groups is 1. The fourth-order valence-electron chi connectivity index (χ4n) is 4.83. The molecule has 226 valence electrons. The van der Waals surface area contributed by atoms with Crippen molar-refractivity contribution in [3.63, 3.8) is 0 Å². The number of benzene rings is 1. The highest BCUT2D eigenvalue weighted by Crippen LogP contribution is 2.31. The quantitative estimate of drug-likeness (QED) is 0.180. The minimum Gasteiger partial charge on any atom is -0.389 e. The van der Waals surface area contributed by atoms with Gasteiger partial charge >= 0.3 is 10.2 Å². The number of hydrogen-bond acceptors (Lipinski definition) is 9. The second-order valence-electron chi connectivity index (χ2n) is 10.3. The van der Waals surface area contributed by atoms with Gasteiger partial charge in [-0.1, -0.05) is 6.92 Å². The summed E-state index contributed by atoms with van der Waals surface area (Å²) in [6.07, 6.45) is 7.60. The van der Waals surface area contributed by atoms with Crippen LogP contribution in [0, 0.1) is 11.6 Å². The summed E-state index contributed by atoms with van der Waals surface area (Å²) in [7, 11) is -2.84. The number of aldehydes is 1. The van der Waals surface area contributed by atoms with Crippen LogP contribution >= 0.6 is 0 Å². The van der Waals surface area contributed by atoms with Gasteiger partial charge in [0.15, 0.2) is 5.82 Å². The molecule has 12 nitrogen and oxygen atoms in total. The Morgan fingerprint density at radius 1 is 1.16 bits per heavy atom. The summed E-state index contributed by atoms with van der Waals surface area (Å²) in [6.45, 7) is 2.66. The van der Waals surface area contributed by atoms with E-state index < -0.39 is 44.5 Å². The second kappa shape index (κ2) is 11.7. The van der Waals surface area contributed by atoms with E-state index in [4.69, 9.17) is 0 Å². The predicted molar refractivity (Wildman–Crippen MR) is 155 cm³/mol. The van der Waals surface area contributed by atoms with Crippen molar-refractivity contribution in [2.75, 3.05) is 36.3 Å². The minimum absolute atomic E-state index is 0.0681. The zero-order chi connectivity index (χ0) is 30.9. The van der Waals surface area contributed by atoms with E-state index in [1.54, 1.807) is 25.4 Å². The molecule has 1 fully saturated rings. The van der Waals surface area contributed by atoms with Gasteiger partial charge < -0.3 is 19.8 Å². The number of anilines is 2. The van der Waals surface area contributed by atoms with Gasteiger partial charge in [-0.2, -0.15) is 12.7 Å². The number of carbonyl (C=O) groups is 2. The Bertz CT molecular complexity index is 1790. The number of H-pyrrole nitrogens is 1. The number of nitrogens with one attached hydrogen (secondary N) is 2. The van der Waals surface area contributed by atoms with Crippen LogP contribution in [0.25, 0.3) is 22.2 Å². The van der Waals surface area contributed by atoms with Crippen molar-refractivity contribution in [3.05, 3.63) is 65.7 Å². The summed E-state index contributed by atoms with van der Waals surface area (Å²) in [5, 5.41) is 10.7. The summed E-state index contributed by atoms with van der Waals surface area (Å²) in [6, 6.07) is 3.35. The zero-order valence-corrected chi connectivity index (χ0v) is 24.2. The first kappa shape index (κ1) is 30.1. The van der Waals surface area contributed by atoms with Gasteiger partial charge in [0, 0.05) is 80.0 Å². The van der Waals surface area contributed by atoms with Gasteiger partial charge in [0.1, 0.15) is 17.8 Å². The first-order valence-electron chi connectivity index (χ1n) is 13.4. The van der Waals surface area contributed by atoms with E-state index in [0.717, 1.165) is 22.7 Å². The molecule has 0 aliphatic carbocycles. The SMILES string of the molecule is CCN(C)S(=O)(=O)Nc1ccc(F)c(C(=O)c2c[nH]c3ncc(-c4cnc(N5CCC(O)(CC=O)CC5)nc4)cc23)c1F. The molecule has 4 heterocycles. The molecule has 5 rings (SSSR count). The van der Waals surface area contributed by atoms with Gasteiger partial charge in [0.05, 0.1) is 16.9 Å². The number of ketones is 1. The number of nitrogens with zero attached hydrogens (tertiary/aromatic N) is 5. The van der Waals surface area contributed by atoms with Crippen LogP contribution in [-0.2, 0) is 15.0 Å². The van der Waals surface area contributed by atoms with Gasteiger partial charge in [-0.25, -0.2) is 23.7 Å². The van der Waals surface area contributed by atoms with E-state index in [-0.39, 0.29) is 23.9 Å². The maximum Gasteiger partial charge on any atom is 0.301 e. The van der Waals surface area contributed by atoms with Gasteiger partial charge in [0.2, 0.25) is 11.7 Å². The van der Waals surface area contributed by atoms with Crippen LogP contribution in [0.2, 0.25) is 0 Å². The fraction of sp³-hybridized carbons (Fsp3) is 0.321. The summed E-state index contributed by atoms with van der Waals surface area (Å²) < 4.78 is 58.0. The molecule has 1 aliphatic rings. The Labute approximate surface area is 246 Å². The number of rotatable bonds is 10. The molecule has 0 unspecified atom stereocenters. The second-order valence-corrected chi connectivity index (χ2v) is 12.1. The van der Waals surface area contributed by atoms with Crippen molar-refractivity contribution in [2.24, 2.45) is 0 Å². The lowest BCUT2D eigenvalue weighted by atomic mass is 9.89. The number of aromatic amines is 1. The minimum atomic E-state index is -4.13. The molecule has 0 atom stereocenters. The third-order valence-electron chi connectivity index (χ3n) is 7.60. The topological polar surface area (TPSA) is 161 Å². The van der Waals surface area contributed by atoms with E-state index in [9.17, 15) is 27.5 Å². The Morgan fingerprint density at radius 3 is 2.49 bits per heavy atom. The lowest BCUT2D eigenvalue weighted by Gasteiger charge is -2.37. The van der Waals surface area contributed by atoms with Crippen molar-refractivity contribution in [3.8, 4) is 11.1 Å².